The Morgan fingerprint density at radius 1 is 1.05 bits per heavy atom. The lowest BCUT2D eigenvalue weighted by atomic mass is 9.98. The van der Waals surface area contributed by atoms with Crippen molar-refractivity contribution in [3.8, 4) is 17.2 Å². The third-order valence-corrected chi connectivity index (χ3v) is 3.50. The normalized spacial score (nSPS) is 12.0. The maximum absolute atomic E-state index is 6.04. The lowest BCUT2D eigenvalue weighted by Crippen LogP contribution is -1.98. The van der Waals surface area contributed by atoms with Crippen molar-refractivity contribution < 1.29 is 9.47 Å². The molecule has 0 aliphatic carbocycles. The van der Waals surface area contributed by atoms with Crippen LogP contribution < -0.4 is 15.2 Å². The highest BCUT2D eigenvalue weighted by Gasteiger charge is 2.11. The van der Waals surface area contributed by atoms with E-state index in [0.29, 0.717) is 24.0 Å². The maximum Gasteiger partial charge on any atom is 0.133 e. The van der Waals surface area contributed by atoms with Crippen LogP contribution in [0.4, 0.5) is 5.69 Å². The minimum Gasteiger partial charge on any atom is -0.494 e. The molecule has 112 valence electrons. The predicted octanol–water partition coefficient (Wildman–Crippen LogP) is 4.97. The molecule has 0 aliphatic heterocycles. The van der Waals surface area contributed by atoms with Crippen LogP contribution in [0, 0.1) is 0 Å². The largest absolute Gasteiger partial charge is 0.494 e. The van der Waals surface area contributed by atoms with E-state index in [-0.39, 0.29) is 0 Å². The molecular weight excluding hydrogens is 262 g/mol. The van der Waals surface area contributed by atoms with Gasteiger partial charge in [0.2, 0.25) is 0 Å². The van der Waals surface area contributed by atoms with Crippen LogP contribution in [0.5, 0.6) is 17.2 Å². The second kappa shape index (κ2) is 7.02. The number of hydrogen-bond donors (Lipinski definition) is 1. The second-order valence-electron chi connectivity index (χ2n) is 5.12. The Hall–Kier alpha value is -2.16. The van der Waals surface area contributed by atoms with Gasteiger partial charge in [-0.3, -0.25) is 0 Å². The molecule has 0 heterocycles. The Morgan fingerprint density at radius 3 is 2.48 bits per heavy atom. The summed E-state index contributed by atoms with van der Waals surface area (Å²) in [5.74, 6) is 2.76. The van der Waals surface area contributed by atoms with E-state index in [1.807, 2.05) is 37.3 Å². The Labute approximate surface area is 126 Å². The lowest BCUT2D eigenvalue weighted by Gasteiger charge is -2.16. The summed E-state index contributed by atoms with van der Waals surface area (Å²) in [5.41, 5.74) is 7.75. The molecule has 0 amide bonds. The fourth-order valence-electron chi connectivity index (χ4n) is 2.23. The lowest BCUT2D eigenvalue weighted by molar-refractivity contribution is 0.338. The molecule has 0 bridgehead atoms. The van der Waals surface area contributed by atoms with E-state index in [2.05, 4.69) is 19.9 Å². The molecule has 2 rings (SSSR count). The number of para-hydroxylation sites is 1. The first-order valence-electron chi connectivity index (χ1n) is 7.44. The summed E-state index contributed by atoms with van der Waals surface area (Å²) >= 11 is 0. The van der Waals surface area contributed by atoms with E-state index in [1.165, 1.54) is 5.56 Å². The van der Waals surface area contributed by atoms with Gasteiger partial charge in [0.1, 0.15) is 17.2 Å². The molecule has 2 aromatic rings. The molecule has 1 atom stereocenters. The van der Waals surface area contributed by atoms with Gasteiger partial charge in [0, 0.05) is 23.9 Å². The third kappa shape index (κ3) is 3.91. The van der Waals surface area contributed by atoms with Gasteiger partial charge in [-0.25, -0.2) is 0 Å². The fraction of sp³-hybridized carbons (Fsp3) is 0.333. The first-order valence-corrected chi connectivity index (χ1v) is 7.44. The summed E-state index contributed by atoms with van der Waals surface area (Å²) < 4.78 is 11.5. The highest BCUT2D eigenvalue weighted by Crippen LogP contribution is 2.34. The minimum atomic E-state index is 0.452. The SMILES string of the molecule is CCOc1cc(N)cc(Oc2ccccc2C(C)CC)c1. The summed E-state index contributed by atoms with van der Waals surface area (Å²) in [7, 11) is 0. The van der Waals surface area contributed by atoms with Crippen LogP contribution in [0.3, 0.4) is 0 Å². The van der Waals surface area contributed by atoms with Gasteiger partial charge in [-0.1, -0.05) is 32.0 Å². The second-order valence-corrected chi connectivity index (χ2v) is 5.12. The van der Waals surface area contributed by atoms with Crippen LogP contribution in [0.25, 0.3) is 0 Å². The van der Waals surface area contributed by atoms with Gasteiger partial charge >= 0.3 is 0 Å². The van der Waals surface area contributed by atoms with Gasteiger partial charge in [0.25, 0.3) is 0 Å². The summed E-state index contributed by atoms with van der Waals surface area (Å²) in [4.78, 5) is 0. The molecule has 0 saturated carbocycles. The van der Waals surface area contributed by atoms with Crippen LogP contribution >= 0.6 is 0 Å². The van der Waals surface area contributed by atoms with Crippen LogP contribution in [0.15, 0.2) is 42.5 Å². The van der Waals surface area contributed by atoms with Crippen LogP contribution in [-0.2, 0) is 0 Å². The van der Waals surface area contributed by atoms with Gasteiger partial charge < -0.3 is 15.2 Å². The van der Waals surface area contributed by atoms with Gasteiger partial charge in [-0.15, -0.1) is 0 Å². The number of benzene rings is 2. The van der Waals surface area contributed by atoms with E-state index < -0.39 is 0 Å². The summed E-state index contributed by atoms with van der Waals surface area (Å²) in [6.45, 7) is 6.93. The average Bonchev–Trinajstić information content (AvgIpc) is 2.47. The van der Waals surface area contributed by atoms with Crippen LogP contribution in [0.2, 0.25) is 0 Å². The maximum atomic E-state index is 6.04. The minimum absolute atomic E-state index is 0.452. The van der Waals surface area contributed by atoms with E-state index in [4.69, 9.17) is 15.2 Å². The standard InChI is InChI=1S/C18H23NO2/c1-4-13(3)17-8-6-7-9-18(17)21-16-11-14(19)10-15(12-16)20-5-2/h6-13H,4-5,19H2,1-3H3. The first-order chi connectivity index (χ1) is 10.1. The molecule has 0 fully saturated rings. The molecule has 3 heteroatoms. The average molecular weight is 285 g/mol. The number of nitrogen functional groups attached to an aromatic ring is 1. The summed E-state index contributed by atoms with van der Waals surface area (Å²) in [6.07, 6.45) is 1.07. The molecule has 2 aromatic carbocycles. The molecule has 0 radical (unpaired) electrons. The topological polar surface area (TPSA) is 44.5 Å². The highest BCUT2D eigenvalue weighted by molar-refractivity contribution is 5.52. The molecule has 1 unspecified atom stereocenters. The molecule has 0 spiro atoms. The molecule has 3 nitrogen and oxygen atoms in total. The van der Waals surface area contributed by atoms with Crippen molar-refractivity contribution in [3.63, 3.8) is 0 Å². The van der Waals surface area contributed by atoms with Gasteiger partial charge in [0.15, 0.2) is 0 Å². The number of ether oxygens (including phenoxy) is 2. The Balaban J connectivity index is 2.30. The fourth-order valence-corrected chi connectivity index (χ4v) is 2.23. The zero-order chi connectivity index (χ0) is 15.2. The molecule has 21 heavy (non-hydrogen) atoms. The Kier molecular flexibility index (Phi) is 5.09. The summed E-state index contributed by atoms with van der Waals surface area (Å²) in [5, 5.41) is 0. The Bertz CT molecular complexity index is 596. The number of rotatable bonds is 6. The molecule has 0 aromatic heterocycles. The van der Waals surface area contributed by atoms with E-state index >= 15 is 0 Å². The smallest absolute Gasteiger partial charge is 0.133 e. The van der Waals surface area contributed by atoms with Crippen molar-refractivity contribution in [2.24, 2.45) is 0 Å². The van der Waals surface area contributed by atoms with Crippen molar-refractivity contribution in [2.75, 3.05) is 12.3 Å². The molecule has 0 aliphatic rings. The number of hydrogen-bond acceptors (Lipinski definition) is 3. The van der Waals surface area contributed by atoms with Gasteiger partial charge in [-0.05, 0) is 30.9 Å². The third-order valence-electron chi connectivity index (χ3n) is 3.50. The van der Waals surface area contributed by atoms with Crippen molar-refractivity contribution in [2.45, 2.75) is 33.1 Å². The van der Waals surface area contributed by atoms with Gasteiger partial charge in [0.05, 0.1) is 6.61 Å². The molecule has 0 saturated heterocycles. The van der Waals surface area contributed by atoms with E-state index in [1.54, 1.807) is 6.07 Å². The van der Waals surface area contributed by atoms with Crippen molar-refractivity contribution in [1.82, 2.24) is 0 Å². The van der Waals surface area contributed by atoms with E-state index in [0.717, 1.165) is 17.9 Å². The van der Waals surface area contributed by atoms with Crippen molar-refractivity contribution >= 4 is 5.69 Å². The molecular formula is C18H23NO2. The van der Waals surface area contributed by atoms with Gasteiger partial charge in [-0.2, -0.15) is 0 Å². The predicted molar refractivity (Wildman–Crippen MR) is 87.2 cm³/mol. The zero-order valence-corrected chi connectivity index (χ0v) is 12.9. The zero-order valence-electron chi connectivity index (χ0n) is 12.9. The monoisotopic (exact) mass is 285 g/mol. The number of anilines is 1. The Morgan fingerprint density at radius 2 is 1.76 bits per heavy atom. The number of nitrogens with two attached hydrogens (primary N) is 1. The quantitative estimate of drug-likeness (QED) is 0.762. The first kappa shape index (κ1) is 15.2. The van der Waals surface area contributed by atoms with Crippen molar-refractivity contribution in [1.29, 1.82) is 0 Å². The summed E-state index contributed by atoms with van der Waals surface area (Å²) in [6, 6.07) is 13.6. The van der Waals surface area contributed by atoms with Crippen molar-refractivity contribution in [3.05, 3.63) is 48.0 Å². The van der Waals surface area contributed by atoms with E-state index in [9.17, 15) is 0 Å². The van der Waals surface area contributed by atoms with Crippen LogP contribution in [0.1, 0.15) is 38.7 Å². The van der Waals surface area contributed by atoms with Crippen LogP contribution in [-0.4, -0.2) is 6.61 Å². The molecule has 2 N–H and O–H groups in total. The highest BCUT2D eigenvalue weighted by atomic mass is 16.5.